The number of aromatic amines is 1. The molecule has 2 rings (SSSR count). The van der Waals surface area contributed by atoms with Crippen LogP contribution in [0, 0.1) is 0 Å². The van der Waals surface area contributed by atoms with E-state index in [2.05, 4.69) is 10.4 Å². The second-order valence-corrected chi connectivity index (χ2v) is 4.41. The zero-order chi connectivity index (χ0) is 13.3. The van der Waals surface area contributed by atoms with Gasteiger partial charge in [-0.15, -0.1) is 0 Å². The summed E-state index contributed by atoms with van der Waals surface area (Å²) in [5.41, 5.74) is 4.39. The number of aromatic nitrogens is 2. The number of hydrogen-bond donors (Lipinski definition) is 3. The first kappa shape index (κ1) is 12.9. The van der Waals surface area contributed by atoms with Crippen LogP contribution in [0.3, 0.4) is 0 Å². The van der Waals surface area contributed by atoms with Crippen LogP contribution in [0.4, 0.5) is 13.2 Å². The van der Waals surface area contributed by atoms with Gasteiger partial charge in [0.2, 0.25) is 0 Å². The zero-order valence-electron chi connectivity index (χ0n) is 9.42. The zero-order valence-corrected chi connectivity index (χ0v) is 9.42. The van der Waals surface area contributed by atoms with Crippen LogP contribution in [0.5, 0.6) is 0 Å². The lowest BCUT2D eigenvalue weighted by molar-refractivity contribution is -0.141. The average Bonchev–Trinajstić information content (AvgIpc) is 2.85. The summed E-state index contributed by atoms with van der Waals surface area (Å²) in [5.74, 6) is -0.610. The second kappa shape index (κ2) is 4.60. The second-order valence-electron chi connectivity index (χ2n) is 4.41. The van der Waals surface area contributed by atoms with Crippen molar-refractivity contribution in [2.24, 2.45) is 5.73 Å². The van der Waals surface area contributed by atoms with Gasteiger partial charge in [-0.2, -0.15) is 18.3 Å². The molecule has 0 radical (unpaired) electrons. The molecule has 1 heterocycles. The molecule has 0 saturated heterocycles. The Hall–Kier alpha value is -1.57. The summed E-state index contributed by atoms with van der Waals surface area (Å²) in [6.45, 7) is 0. The van der Waals surface area contributed by atoms with Crippen LogP contribution in [0.1, 0.15) is 35.4 Å². The molecule has 1 aliphatic carbocycles. The van der Waals surface area contributed by atoms with Crippen molar-refractivity contribution in [1.82, 2.24) is 15.5 Å². The number of amides is 1. The molecule has 1 aromatic heterocycles. The first-order valence-electron chi connectivity index (χ1n) is 5.55. The van der Waals surface area contributed by atoms with Crippen molar-refractivity contribution in [1.29, 1.82) is 0 Å². The van der Waals surface area contributed by atoms with Gasteiger partial charge in [0.05, 0.1) is 0 Å². The number of carbonyl (C=O) groups is 1. The summed E-state index contributed by atoms with van der Waals surface area (Å²) in [5, 5.41) is 7.78. The molecule has 2 atom stereocenters. The monoisotopic (exact) mass is 262 g/mol. The van der Waals surface area contributed by atoms with Gasteiger partial charge in [0.1, 0.15) is 5.69 Å². The van der Waals surface area contributed by atoms with E-state index in [-0.39, 0.29) is 17.8 Å². The van der Waals surface area contributed by atoms with Gasteiger partial charge < -0.3 is 11.1 Å². The highest BCUT2D eigenvalue weighted by atomic mass is 19.4. The third kappa shape index (κ3) is 2.81. The Morgan fingerprint density at radius 2 is 2.22 bits per heavy atom. The van der Waals surface area contributed by atoms with Crippen LogP contribution in [-0.4, -0.2) is 28.2 Å². The number of carbonyl (C=O) groups excluding carboxylic acids is 1. The fourth-order valence-electron chi connectivity index (χ4n) is 1.99. The van der Waals surface area contributed by atoms with Crippen LogP contribution < -0.4 is 11.1 Å². The summed E-state index contributed by atoms with van der Waals surface area (Å²) < 4.78 is 36.9. The molecule has 1 saturated carbocycles. The van der Waals surface area contributed by atoms with Crippen LogP contribution >= 0.6 is 0 Å². The van der Waals surface area contributed by atoms with Crippen LogP contribution in [0.15, 0.2) is 6.07 Å². The Balaban J connectivity index is 1.99. The van der Waals surface area contributed by atoms with E-state index in [1.54, 1.807) is 5.10 Å². The quantitative estimate of drug-likeness (QED) is 0.744. The first-order valence-corrected chi connectivity index (χ1v) is 5.55. The third-order valence-corrected chi connectivity index (χ3v) is 2.92. The van der Waals surface area contributed by atoms with Gasteiger partial charge in [0, 0.05) is 18.2 Å². The summed E-state index contributed by atoms with van der Waals surface area (Å²) in [7, 11) is 0. The highest BCUT2D eigenvalue weighted by molar-refractivity contribution is 5.92. The highest BCUT2D eigenvalue weighted by Gasteiger charge is 2.34. The van der Waals surface area contributed by atoms with Gasteiger partial charge in [-0.05, 0) is 19.3 Å². The standard InChI is InChI=1S/C10H13F3N4O/c11-10(12,13)8-4-7(16-17-8)9(18)15-6-2-1-5(14)3-6/h4-6H,1-3,14H2,(H,15,18)(H,16,17)/t5-,6-/m1/s1. The van der Waals surface area contributed by atoms with E-state index in [1.165, 1.54) is 0 Å². The Kier molecular flexibility index (Phi) is 3.29. The maximum Gasteiger partial charge on any atom is 0.432 e. The molecule has 8 heteroatoms. The number of nitrogens with zero attached hydrogens (tertiary/aromatic N) is 1. The van der Waals surface area contributed by atoms with E-state index in [1.807, 2.05) is 0 Å². The molecule has 0 spiro atoms. The minimum atomic E-state index is -4.53. The van der Waals surface area contributed by atoms with Crippen molar-refractivity contribution in [3.63, 3.8) is 0 Å². The number of halogens is 3. The summed E-state index contributed by atoms with van der Waals surface area (Å²) >= 11 is 0. The maximum absolute atomic E-state index is 12.3. The van der Waals surface area contributed by atoms with E-state index in [0.717, 1.165) is 12.8 Å². The molecule has 0 unspecified atom stereocenters. The fourth-order valence-corrected chi connectivity index (χ4v) is 1.99. The smallest absolute Gasteiger partial charge is 0.348 e. The lowest BCUT2D eigenvalue weighted by atomic mass is 10.2. The molecular weight excluding hydrogens is 249 g/mol. The summed E-state index contributed by atoms with van der Waals surface area (Å²) in [6, 6.07) is 0.656. The Morgan fingerprint density at radius 1 is 1.50 bits per heavy atom. The van der Waals surface area contributed by atoms with E-state index in [0.29, 0.717) is 12.5 Å². The molecule has 0 aliphatic heterocycles. The van der Waals surface area contributed by atoms with Gasteiger partial charge in [-0.25, -0.2) is 0 Å². The van der Waals surface area contributed by atoms with Crippen LogP contribution in [0.2, 0.25) is 0 Å². The predicted molar refractivity (Wildman–Crippen MR) is 56.7 cm³/mol. The van der Waals surface area contributed by atoms with Crippen LogP contribution in [0.25, 0.3) is 0 Å². The fraction of sp³-hybridized carbons (Fsp3) is 0.600. The minimum absolute atomic E-state index is 0.0419. The van der Waals surface area contributed by atoms with Gasteiger partial charge in [0.25, 0.3) is 5.91 Å². The van der Waals surface area contributed by atoms with E-state index in [4.69, 9.17) is 5.73 Å². The molecule has 1 aromatic rings. The van der Waals surface area contributed by atoms with Crippen molar-refractivity contribution in [2.75, 3.05) is 0 Å². The van der Waals surface area contributed by atoms with Gasteiger partial charge in [-0.1, -0.05) is 0 Å². The Morgan fingerprint density at radius 3 is 2.72 bits per heavy atom. The van der Waals surface area contributed by atoms with Crippen molar-refractivity contribution >= 4 is 5.91 Å². The molecule has 5 nitrogen and oxygen atoms in total. The predicted octanol–water partition coefficient (Wildman–Crippen LogP) is 1.04. The highest BCUT2D eigenvalue weighted by Crippen LogP contribution is 2.27. The van der Waals surface area contributed by atoms with E-state index in [9.17, 15) is 18.0 Å². The molecule has 18 heavy (non-hydrogen) atoms. The van der Waals surface area contributed by atoms with E-state index < -0.39 is 17.8 Å². The molecule has 0 bridgehead atoms. The molecule has 0 aromatic carbocycles. The largest absolute Gasteiger partial charge is 0.432 e. The first-order chi connectivity index (χ1) is 8.36. The van der Waals surface area contributed by atoms with Crippen molar-refractivity contribution in [2.45, 2.75) is 37.5 Å². The lowest BCUT2D eigenvalue weighted by Gasteiger charge is -2.10. The summed E-state index contributed by atoms with van der Waals surface area (Å²) in [4.78, 5) is 11.6. The lowest BCUT2D eigenvalue weighted by Crippen LogP contribution is -2.34. The normalized spacial score (nSPS) is 24.2. The molecule has 100 valence electrons. The van der Waals surface area contributed by atoms with Crippen molar-refractivity contribution in [3.8, 4) is 0 Å². The van der Waals surface area contributed by atoms with E-state index >= 15 is 0 Å². The van der Waals surface area contributed by atoms with Gasteiger partial charge in [0.15, 0.2) is 5.69 Å². The average molecular weight is 262 g/mol. The molecule has 1 amide bonds. The minimum Gasteiger partial charge on any atom is -0.348 e. The van der Waals surface area contributed by atoms with Crippen molar-refractivity contribution < 1.29 is 18.0 Å². The summed E-state index contributed by atoms with van der Waals surface area (Å²) in [6.07, 6.45) is -2.34. The third-order valence-electron chi connectivity index (χ3n) is 2.92. The van der Waals surface area contributed by atoms with Crippen molar-refractivity contribution in [3.05, 3.63) is 17.5 Å². The number of nitrogens with two attached hydrogens (primary N) is 1. The number of nitrogens with one attached hydrogen (secondary N) is 2. The van der Waals surface area contributed by atoms with Crippen LogP contribution in [-0.2, 0) is 6.18 Å². The topological polar surface area (TPSA) is 83.8 Å². The van der Waals surface area contributed by atoms with Gasteiger partial charge in [-0.3, -0.25) is 9.89 Å². The number of rotatable bonds is 2. The number of hydrogen-bond acceptors (Lipinski definition) is 3. The number of H-pyrrole nitrogens is 1. The Labute approximate surface area is 101 Å². The molecule has 1 fully saturated rings. The maximum atomic E-state index is 12.3. The Bertz CT molecular complexity index is 443. The molecule has 1 aliphatic rings. The SMILES string of the molecule is N[C@@H]1CC[C@@H](NC(=O)c2cc(C(F)(F)F)[nH]n2)C1. The molecule has 4 N–H and O–H groups in total. The van der Waals surface area contributed by atoms with Gasteiger partial charge >= 0.3 is 6.18 Å². The number of alkyl halides is 3. The molecular formula is C10H13F3N4O.